The first-order valence-corrected chi connectivity index (χ1v) is 7.85. The zero-order valence-electron chi connectivity index (χ0n) is 11.6. The molecule has 0 bridgehead atoms. The second kappa shape index (κ2) is 5.87. The number of rotatable bonds is 3. The minimum absolute atomic E-state index is 0.795. The summed E-state index contributed by atoms with van der Waals surface area (Å²) in [6, 6.07) is 8.15. The fraction of sp³-hybridized carbons (Fsp3) is 0.400. The quantitative estimate of drug-likeness (QED) is 0.810. The van der Waals surface area contributed by atoms with Crippen LogP contribution in [0.3, 0.4) is 0 Å². The van der Waals surface area contributed by atoms with Crippen LogP contribution in [0.5, 0.6) is 0 Å². The standard InChI is InChI=1S/C15H18BrN4/c1-2-20-11-14(19-9-3-4-10-19)17-15(18-20)12-5-7-13(16)8-6-12/h5-8,11H,2-4,9-10H2,1H3/q+1. The Morgan fingerprint density at radius 2 is 1.90 bits per heavy atom. The van der Waals surface area contributed by atoms with Crippen LogP contribution < -0.4 is 9.58 Å². The lowest BCUT2D eigenvalue weighted by molar-refractivity contribution is -0.750. The van der Waals surface area contributed by atoms with Crippen LogP contribution >= 0.6 is 15.9 Å². The lowest BCUT2D eigenvalue weighted by Gasteiger charge is -2.14. The van der Waals surface area contributed by atoms with Crippen LogP contribution in [-0.4, -0.2) is 23.2 Å². The van der Waals surface area contributed by atoms with Gasteiger partial charge in [0.2, 0.25) is 12.0 Å². The van der Waals surface area contributed by atoms with E-state index in [0.717, 1.165) is 41.3 Å². The van der Waals surface area contributed by atoms with Crippen LogP contribution in [0.25, 0.3) is 11.4 Å². The number of hydrogen-bond acceptors (Lipinski definition) is 3. The summed E-state index contributed by atoms with van der Waals surface area (Å²) in [5, 5.41) is 4.59. The Balaban J connectivity index is 2.01. The molecule has 1 aromatic carbocycles. The highest BCUT2D eigenvalue weighted by Gasteiger charge is 2.19. The molecular weight excluding hydrogens is 316 g/mol. The van der Waals surface area contributed by atoms with Crippen LogP contribution in [0.4, 0.5) is 5.82 Å². The van der Waals surface area contributed by atoms with Crippen molar-refractivity contribution in [1.82, 2.24) is 10.1 Å². The second-order valence-electron chi connectivity index (χ2n) is 4.98. The molecule has 3 rings (SSSR count). The van der Waals surface area contributed by atoms with Crippen molar-refractivity contribution >= 4 is 21.7 Å². The molecule has 2 heterocycles. The Kier molecular flexibility index (Phi) is 3.96. The molecule has 0 aliphatic carbocycles. The van der Waals surface area contributed by atoms with Gasteiger partial charge in [-0.2, -0.15) is 4.98 Å². The van der Waals surface area contributed by atoms with Crippen molar-refractivity contribution in [2.75, 3.05) is 18.0 Å². The number of benzene rings is 1. The van der Waals surface area contributed by atoms with Gasteiger partial charge in [-0.25, -0.2) is 0 Å². The first-order chi connectivity index (χ1) is 9.76. The SMILES string of the molecule is CC[n+]1cc(N2CCCC2)nc(-c2ccc(Br)cc2)n1. The normalized spacial score (nSPS) is 14.8. The second-order valence-corrected chi connectivity index (χ2v) is 5.90. The monoisotopic (exact) mass is 333 g/mol. The molecule has 1 aromatic heterocycles. The van der Waals surface area contributed by atoms with Crippen molar-refractivity contribution < 1.29 is 4.68 Å². The average molecular weight is 334 g/mol. The Labute approximate surface area is 127 Å². The molecule has 2 aromatic rings. The molecule has 0 atom stereocenters. The third kappa shape index (κ3) is 2.82. The number of aromatic nitrogens is 3. The molecule has 1 saturated heterocycles. The molecule has 104 valence electrons. The van der Waals surface area contributed by atoms with Gasteiger partial charge in [-0.1, -0.05) is 20.6 Å². The lowest BCUT2D eigenvalue weighted by atomic mass is 10.2. The fourth-order valence-corrected chi connectivity index (χ4v) is 2.69. The van der Waals surface area contributed by atoms with Crippen molar-refractivity contribution in [3.63, 3.8) is 0 Å². The van der Waals surface area contributed by atoms with E-state index < -0.39 is 0 Å². The van der Waals surface area contributed by atoms with Crippen molar-refractivity contribution in [3.05, 3.63) is 34.9 Å². The Morgan fingerprint density at radius 1 is 1.20 bits per heavy atom. The van der Waals surface area contributed by atoms with Crippen LogP contribution in [-0.2, 0) is 6.54 Å². The van der Waals surface area contributed by atoms with E-state index >= 15 is 0 Å². The smallest absolute Gasteiger partial charge is 0.238 e. The van der Waals surface area contributed by atoms with E-state index in [1.54, 1.807) is 0 Å². The predicted octanol–water partition coefficient (Wildman–Crippen LogP) is 2.81. The maximum Gasteiger partial charge on any atom is 0.238 e. The van der Waals surface area contributed by atoms with Gasteiger partial charge in [0.1, 0.15) is 0 Å². The van der Waals surface area contributed by atoms with Gasteiger partial charge in [-0.3, -0.25) is 0 Å². The molecule has 0 N–H and O–H groups in total. The summed E-state index contributed by atoms with van der Waals surface area (Å²) < 4.78 is 3.04. The first-order valence-electron chi connectivity index (χ1n) is 7.06. The van der Waals surface area contributed by atoms with E-state index in [1.807, 2.05) is 35.1 Å². The summed E-state index contributed by atoms with van der Waals surface area (Å²) in [5.74, 6) is 1.83. The topological polar surface area (TPSA) is 32.9 Å². The highest BCUT2D eigenvalue weighted by Crippen LogP contribution is 2.21. The van der Waals surface area contributed by atoms with Gasteiger partial charge in [0.15, 0.2) is 12.4 Å². The molecule has 1 aliphatic heterocycles. The third-order valence-electron chi connectivity index (χ3n) is 3.56. The minimum atomic E-state index is 0.795. The van der Waals surface area contributed by atoms with E-state index in [0.29, 0.717) is 0 Å². The van der Waals surface area contributed by atoms with Gasteiger partial charge in [-0.15, -0.1) is 0 Å². The summed E-state index contributed by atoms with van der Waals surface area (Å²) in [5.41, 5.74) is 1.05. The van der Waals surface area contributed by atoms with Crippen LogP contribution in [0.1, 0.15) is 19.8 Å². The highest BCUT2D eigenvalue weighted by molar-refractivity contribution is 9.10. The van der Waals surface area contributed by atoms with E-state index in [4.69, 9.17) is 4.98 Å². The van der Waals surface area contributed by atoms with Crippen LogP contribution in [0.15, 0.2) is 34.9 Å². The number of anilines is 1. The zero-order chi connectivity index (χ0) is 13.9. The molecule has 0 spiro atoms. The minimum Gasteiger partial charge on any atom is -0.352 e. The predicted molar refractivity (Wildman–Crippen MR) is 82.5 cm³/mol. The van der Waals surface area contributed by atoms with Crippen molar-refractivity contribution in [3.8, 4) is 11.4 Å². The van der Waals surface area contributed by atoms with Crippen LogP contribution in [0.2, 0.25) is 0 Å². The molecule has 0 unspecified atom stereocenters. The van der Waals surface area contributed by atoms with Crippen molar-refractivity contribution in [2.45, 2.75) is 26.3 Å². The highest BCUT2D eigenvalue weighted by atomic mass is 79.9. The summed E-state index contributed by atoms with van der Waals surface area (Å²) in [7, 11) is 0. The largest absolute Gasteiger partial charge is 0.352 e. The van der Waals surface area contributed by atoms with Gasteiger partial charge in [-0.05, 0) is 44.0 Å². The van der Waals surface area contributed by atoms with Crippen molar-refractivity contribution in [1.29, 1.82) is 0 Å². The Hall–Kier alpha value is -1.49. The number of aryl methyl sites for hydroxylation is 1. The molecule has 20 heavy (non-hydrogen) atoms. The van der Waals surface area contributed by atoms with E-state index in [9.17, 15) is 0 Å². The van der Waals surface area contributed by atoms with Gasteiger partial charge < -0.3 is 4.90 Å². The fourth-order valence-electron chi connectivity index (χ4n) is 2.43. The Bertz CT molecular complexity index is 591. The number of halogens is 1. The maximum atomic E-state index is 4.74. The lowest BCUT2D eigenvalue weighted by Crippen LogP contribution is -2.39. The zero-order valence-corrected chi connectivity index (χ0v) is 13.2. The summed E-state index contributed by atoms with van der Waals surface area (Å²) in [6.07, 6.45) is 4.56. The van der Waals surface area contributed by atoms with Gasteiger partial charge in [0.05, 0.1) is 0 Å². The van der Waals surface area contributed by atoms with Gasteiger partial charge >= 0.3 is 0 Å². The Morgan fingerprint density at radius 3 is 2.55 bits per heavy atom. The van der Waals surface area contributed by atoms with Crippen molar-refractivity contribution in [2.24, 2.45) is 0 Å². The maximum absolute atomic E-state index is 4.74. The molecule has 1 fully saturated rings. The average Bonchev–Trinajstić information content (AvgIpc) is 3.02. The third-order valence-corrected chi connectivity index (χ3v) is 4.09. The summed E-state index contributed by atoms with van der Waals surface area (Å²) in [6.45, 7) is 5.15. The number of nitrogens with zero attached hydrogens (tertiary/aromatic N) is 4. The molecule has 4 nitrogen and oxygen atoms in total. The van der Waals surface area contributed by atoms with E-state index in [1.165, 1.54) is 12.8 Å². The summed E-state index contributed by atoms with van der Waals surface area (Å²) >= 11 is 3.46. The van der Waals surface area contributed by atoms with Crippen LogP contribution in [0, 0.1) is 0 Å². The number of hydrogen-bond donors (Lipinski definition) is 0. The van der Waals surface area contributed by atoms with Gasteiger partial charge in [0, 0.05) is 28.2 Å². The van der Waals surface area contributed by atoms with Gasteiger partial charge in [0.25, 0.3) is 0 Å². The molecule has 5 heteroatoms. The molecule has 0 amide bonds. The molecule has 0 saturated carbocycles. The first kappa shape index (κ1) is 13.5. The van der Waals surface area contributed by atoms with E-state index in [2.05, 4.69) is 32.9 Å². The molecule has 1 aliphatic rings. The summed E-state index contributed by atoms with van der Waals surface area (Å²) in [4.78, 5) is 7.09. The molecule has 0 radical (unpaired) electrons. The van der Waals surface area contributed by atoms with E-state index in [-0.39, 0.29) is 0 Å². The molecular formula is C15H18BrN4+.